The number of carbonyl (C=O) groups is 4. The third-order valence-corrected chi connectivity index (χ3v) is 7.22. The predicted octanol–water partition coefficient (Wildman–Crippen LogP) is 5.35. The molecule has 1 aliphatic rings. The first kappa shape index (κ1) is 34.4. The summed E-state index contributed by atoms with van der Waals surface area (Å²) in [5.74, 6) is -0.939. The van der Waals surface area contributed by atoms with Gasteiger partial charge in [0.2, 0.25) is 5.91 Å². The van der Waals surface area contributed by atoms with E-state index in [4.69, 9.17) is 18.9 Å². The van der Waals surface area contributed by atoms with Gasteiger partial charge in [0.05, 0.1) is 20.3 Å². The van der Waals surface area contributed by atoms with Crippen LogP contribution < -0.4 is 20.1 Å². The van der Waals surface area contributed by atoms with Gasteiger partial charge in [0, 0.05) is 35.8 Å². The Bertz CT molecular complexity index is 1330. The third-order valence-electron chi connectivity index (χ3n) is 7.22. The minimum absolute atomic E-state index is 0.0337. The molecular weight excluding hydrogens is 564 g/mol. The van der Waals surface area contributed by atoms with E-state index >= 15 is 0 Å². The number of alkyl carbamates (subject to hydrolysis) is 1. The second-order valence-corrected chi connectivity index (χ2v) is 12.0. The van der Waals surface area contributed by atoms with E-state index in [2.05, 4.69) is 10.6 Å². The van der Waals surface area contributed by atoms with E-state index in [1.54, 1.807) is 33.8 Å². The van der Waals surface area contributed by atoms with Gasteiger partial charge in [-0.25, -0.2) is 9.59 Å². The molecule has 2 amide bonds. The SMILES string of the molecule is CCCOc1ccc2cc1-c1cc(ccc1OCCNC(=O)OC(C)(C)C)C[C@@H](C(=O)OC)NC(=O)[C@H](C)CC(=O)[C@H]2CC. The lowest BCUT2D eigenvalue weighted by Crippen LogP contribution is -2.45. The summed E-state index contributed by atoms with van der Waals surface area (Å²) in [6, 6.07) is 10.3. The Kier molecular flexibility index (Phi) is 12.2. The fourth-order valence-corrected chi connectivity index (χ4v) is 5.05. The van der Waals surface area contributed by atoms with Crippen molar-refractivity contribution < 1.29 is 38.1 Å². The number of esters is 1. The fourth-order valence-electron chi connectivity index (χ4n) is 5.05. The summed E-state index contributed by atoms with van der Waals surface area (Å²) >= 11 is 0. The predicted molar refractivity (Wildman–Crippen MR) is 167 cm³/mol. The lowest BCUT2D eigenvalue weighted by atomic mass is 9.85. The minimum Gasteiger partial charge on any atom is -0.493 e. The Balaban J connectivity index is 2.10. The second-order valence-electron chi connectivity index (χ2n) is 12.0. The van der Waals surface area contributed by atoms with E-state index in [1.807, 2.05) is 44.2 Å². The molecule has 10 heteroatoms. The standard InChI is InChI=1S/C34H46N2O8/c1-8-15-42-30-13-11-23-20-26(30)25-18-22(10-12-29(25)43-16-14-35-33(40)44-34(4,5)6)19-27(32(39)41-7)36-31(38)21(3)17-28(37)24(23)9-2/h10-13,18,20-21,24,27H,8-9,14-17,19H2,1-7H3,(H,35,40)(H,36,38)/t21-,24+,27+/m1/s1. The first-order chi connectivity index (χ1) is 20.9. The summed E-state index contributed by atoms with van der Waals surface area (Å²) in [5, 5.41) is 5.49. The van der Waals surface area contributed by atoms with Gasteiger partial charge in [-0.2, -0.15) is 0 Å². The molecule has 2 aromatic rings. The number of hydrogen-bond acceptors (Lipinski definition) is 8. The molecular formula is C34H46N2O8. The number of carbonyl (C=O) groups excluding carboxylic acids is 4. The average molecular weight is 611 g/mol. The normalized spacial score (nSPS) is 18.8. The molecule has 240 valence electrons. The number of amides is 2. The van der Waals surface area contributed by atoms with Crippen molar-refractivity contribution in [2.24, 2.45) is 5.92 Å². The highest BCUT2D eigenvalue weighted by Crippen LogP contribution is 2.40. The van der Waals surface area contributed by atoms with Crippen LogP contribution in [0.15, 0.2) is 36.4 Å². The molecule has 0 unspecified atom stereocenters. The van der Waals surface area contributed by atoms with Crippen LogP contribution in [0.25, 0.3) is 11.1 Å². The highest BCUT2D eigenvalue weighted by atomic mass is 16.6. The number of ketones is 1. The second kappa shape index (κ2) is 15.6. The van der Waals surface area contributed by atoms with Crippen LogP contribution in [-0.2, 0) is 30.3 Å². The number of nitrogens with one attached hydrogen (secondary N) is 2. The molecule has 3 rings (SSSR count). The average Bonchev–Trinajstić information content (AvgIpc) is 2.97. The van der Waals surface area contributed by atoms with Gasteiger partial charge in [-0.3, -0.25) is 9.59 Å². The van der Waals surface area contributed by atoms with Gasteiger partial charge in [0.1, 0.15) is 35.5 Å². The summed E-state index contributed by atoms with van der Waals surface area (Å²) in [7, 11) is 1.27. The molecule has 0 radical (unpaired) electrons. The van der Waals surface area contributed by atoms with E-state index < -0.39 is 35.5 Å². The molecule has 0 aliphatic carbocycles. The smallest absolute Gasteiger partial charge is 0.407 e. The maximum absolute atomic E-state index is 13.5. The van der Waals surface area contributed by atoms with E-state index in [0.717, 1.165) is 23.1 Å². The van der Waals surface area contributed by atoms with Gasteiger partial charge in [-0.15, -0.1) is 0 Å². The lowest BCUT2D eigenvalue weighted by Gasteiger charge is -2.24. The zero-order valence-corrected chi connectivity index (χ0v) is 26.9. The maximum Gasteiger partial charge on any atom is 0.407 e. The third kappa shape index (κ3) is 9.46. The molecule has 1 aliphatic heterocycles. The first-order valence-corrected chi connectivity index (χ1v) is 15.3. The quantitative estimate of drug-likeness (QED) is 0.287. The molecule has 0 fully saturated rings. The Morgan fingerprint density at radius 3 is 2.25 bits per heavy atom. The zero-order valence-electron chi connectivity index (χ0n) is 26.9. The Hall–Kier alpha value is -4.08. The van der Waals surface area contributed by atoms with Crippen LogP contribution in [-0.4, -0.2) is 62.3 Å². The van der Waals surface area contributed by atoms with Crippen molar-refractivity contribution in [3.63, 3.8) is 0 Å². The molecule has 2 aromatic carbocycles. The number of hydrogen-bond donors (Lipinski definition) is 2. The van der Waals surface area contributed by atoms with Crippen LogP contribution in [0.5, 0.6) is 11.5 Å². The first-order valence-electron chi connectivity index (χ1n) is 15.3. The molecule has 0 saturated heterocycles. The zero-order chi connectivity index (χ0) is 32.4. The van der Waals surface area contributed by atoms with Crippen molar-refractivity contribution in [2.75, 3.05) is 26.9 Å². The van der Waals surface area contributed by atoms with Gasteiger partial charge in [-0.1, -0.05) is 32.9 Å². The van der Waals surface area contributed by atoms with Gasteiger partial charge in [-0.05, 0) is 69.0 Å². The van der Waals surface area contributed by atoms with Gasteiger partial charge in [0.25, 0.3) is 0 Å². The van der Waals surface area contributed by atoms with Crippen LogP contribution in [0.4, 0.5) is 4.79 Å². The molecule has 10 nitrogen and oxygen atoms in total. The Morgan fingerprint density at radius 2 is 1.61 bits per heavy atom. The molecule has 2 N–H and O–H groups in total. The number of benzene rings is 2. The van der Waals surface area contributed by atoms with E-state index in [1.165, 1.54) is 7.11 Å². The highest BCUT2D eigenvalue weighted by Gasteiger charge is 2.29. The fraction of sp³-hybridized carbons (Fsp3) is 0.529. The Labute approximate surface area is 260 Å². The largest absolute Gasteiger partial charge is 0.493 e. The van der Waals surface area contributed by atoms with Crippen molar-refractivity contribution >= 4 is 23.8 Å². The van der Waals surface area contributed by atoms with Gasteiger partial charge >= 0.3 is 12.1 Å². The molecule has 4 bridgehead atoms. The number of methoxy groups -OCH3 is 1. The van der Waals surface area contributed by atoms with Crippen LogP contribution in [0, 0.1) is 5.92 Å². The highest BCUT2D eigenvalue weighted by molar-refractivity contribution is 5.92. The molecule has 3 atom stereocenters. The monoisotopic (exact) mass is 610 g/mol. The summed E-state index contributed by atoms with van der Waals surface area (Å²) < 4.78 is 22.6. The topological polar surface area (TPSA) is 129 Å². The molecule has 0 saturated carbocycles. The number of fused-ring (bicyclic) bond motifs is 5. The van der Waals surface area contributed by atoms with Crippen molar-refractivity contribution in [3.05, 3.63) is 47.5 Å². The van der Waals surface area contributed by atoms with Crippen LogP contribution in [0.3, 0.4) is 0 Å². The molecule has 0 spiro atoms. The number of ether oxygens (including phenoxy) is 4. The van der Waals surface area contributed by atoms with E-state index in [-0.39, 0.29) is 37.7 Å². The summed E-state index contributed by atoms with van der Waals surface area (Å²) in [6.07, 6.45) is 1.00. The number of Topliss-reactive ketones (excluding diaryl/α,β-unsaturated/α-hetero) is 1. The van der Waals surface area contributed by atoms with Crippen molar-refractivity contribution in [1.82, 2.24) is 10.6 Å². The number of rotatable bonds is 9. The summed E-state index contributed by atoms with van der Waals surface area (Å²) in [5.41, 5.74) is 2.38. The van der Waals surface area contributed by atoms with E-state index in [9.17, 15) is 19.2 Å². The van der Waals surface area contributed by atoms with Crippen LogP contribution in [0.1, 0.15) is 77.8 Å². The Morgan fingerprint density at radius 1 is 0.955 bits per heavy atom. The van der Waals surface area contributed by atoms with Crippen molar-refractivity contribution in [2.45, 2.75) is 84.8 Å². The minimum atomic E-state index is -0.949. The van der Waals surface area contributed by atoms with Crippen LogP contribution >= 0.6 is 0 Å². The molecule has 1 heterocycles. The van der Waals surface area contributed by atoms with Crippen LogP contribution in [0.2, 0.25) is 0 Å². The molecule has 44 heavy (non-hydrogen) atoms. The van der Waals surface area contributed by atoms with Crippen molar-refractivity contribution in [1.29, 1.82) is 0 Å². The summed E-state index contributed by atoms with van der Waals surface area (Å²) in [6.45, 7) is 11.9. The summed E-state index contributed by atoms with van der Waals surface area (Å²) in [4.78, 5) is 51.4. The lowest BCUT2D eigenvalue weighted by molar-refractivity contribution is -0.145. The van der Waals surface area contributed by atoms with Crippen molar-refractivity contribution in [3.8, 4) is 22.6 Å². The van der Waals surface area contributed by atoms with Gasteiger partial charge < -0.3 is 29.6 Å². The maximum atomic E-state index is 13.5. The van der Waals surface area contributed by atoms with Gasteiger partial charge in [0.15, 0.2) is 0 Å². The molecule has 0 aromatic heterocycles. The van der Waals surface area contributed by atoms with E-state index in [0.29, 0.717) is 30.1 Å².